The SMILES string of the molecule is CCc1nn(C)c(C(=O)Nc2cc(C(C)(C)C)[nH]n2)c1N. The van der Waals surface area contributed by atoms with Gasteiger partial charge in [-0.15, -0.1) is 0 Å². The Morgan fingerprint density at radius 1 is 1.48 bits per heavy atom. The summed E-state index contributed by atoms with van der Waals surface area (Å²) in [7, 11) is 1.70. The molecule has 114 valence electrons. The summed E-state index contributed by atoms with van der Waals surface area (Å²) >= 11 is 0. The molecule has 2 rings (SSSR count). The van der Waals surface area contributed by atoms with Crippen molar-refractivity contribution in [2.24, 2.45) is 7.05 Å². The van der Waals surface area contributed by atoms with Crippen molar-refractivity contribution >= 4 is 17.4 Å². The number of aromatic amines is 1. The molecule has 0 aliphatic heterocycles. The summed E-state index contributed by atoms with van der Waals surface area (Å²) in [5.41, 5.74) is 8.36. The first kappa shape index (κ1) is 15.1. The van der Waals surface area contributed by atoms with E-state index in [4.69, 9.17) is 5.73 Å². The minimum absolute atomic E-state index is 0.0586. The molecular weight excluding hydrogens is 268 g/mol. The second-order valence-corrected chi connectivity index (χ2v) is 6.06. The number of hydrogen-bond donors (Lipinski definition) is 3. The Kier molecular flexibility index (Phi) is 3.76. The topological polar surface area (TPSA) is 102 Å². The molecule has 0 saturated carbocycles. The van der Waals surface area contributed by atoms with Crippen molar-refractivity contribution < 1.29 is 4.79 Å². The fraction of sp³-hybridized carbons (Fsp3) is 0.500. The molecule has 21 heavy (non-hydrogen) atoms. The molecule has 2 aromatic heterocycles. The number of nitrogens with zero attached hydrogens (tertiary/aromatic N) is 3. The van der Waals surface area contributed by atoms with Crippen molar-refractivity contribution in [3.63, 3.8) is 0 Å². The van der Waals surface area contributed by atoms with Crippen molar-refractivity contribution in [2.75, 3.05) is 11.1 Å². The number of carbonyl (C=O) groups is 1. The molecule has 0 atom stereocenters. The zero-order valence-corrected chi connectivity index (χ0v) is 13.1. The molecule has 0 aliphatic rings. The van der Waals surface area contributed by atoms with E-state index in [1.807, 2.05) is 13.0 Å². The van der Waals surface area contributed by atoms with Gasteiger partial charge < -0.3 is 11.1 Å². The number of nitrogen functional groups attached to an aromatic ring is 1. The van der Waals surface area contributed by atoms with Gasteiger partial charge in [0, 0.05) is 24.2 Å². The zero-order chi connectivity index (χ0) is 15.8. The molecule has 7 heteroatoms. The highest BCUT2D eigenvalue weighted by Gasteiger charge is 2.21. The van der Waals surface area contributed by atoms with Crippen molar-refractivity contribution in [1.82, 2.24) is 20.0 Å². The highest BCUT2D eigenvalue weighted by atomic mass is 16.2. The van der Waals surface area contributed by atoms with E-state index in [9.17, 15) is 4.79 Å². The second-order valence-electron chi connectivity index (χ2n) is 6.06. The molecule has 0 saturated heterocycles. The fourth-order valence-corrected chi connectivity index (χ4v) is 2.07. The van der Waals surface area contributed by atoms with Crippen LogP contribution >= 0.6 is 0 Å². The first-order valence-corrected chi connectivity index (χ1v) is 6.92. The van der Waals surface area contributed by atoms with Crippen LogP contribution in [0.3, 0.4) is 0 Å². The van der Waals surface area contributed by atoms with Crippen LogP contribution < -0.4 is 11.1 Å². The van der Waals surface area contributed by atoms with Gasteiger partial charge >= 0.3 is 0 Å². The lowest BCUT2D eigenvalue weighted by atomic mass is 9.92. The van der Waals surface area contributed by atoms with Crippen molar-refractivity contribution in [2.45, 2.75) is 39.5 Å². The largest absolute Gasteiger partial charge is 0.395 e. The summed E-state index contributed by atoms with van der Waals surface area (Å²) in [6.07, 6.45) is 0.684. The average molecular weight is 290 g/mol. The number of nitrogens with one attached hydrogen (secondary N) is 2. The number of aryl methyl sites for hydroxylation is 2. The Morgan fingerprint density at radius 3 is 2.62 bits per heavy atom. The lowest BCUT2D eigenvalue weighted by Gasteiger charge is -2.14. The van der Waals surface area contributed by atoms with E-state index in [0.717, 1.165) is 11.4 Å². The van der Waals surface area contributed by atoms with Crippen LogP contribution in [-0.4, -0.2) is 25.9 Å². The highest BCUT2D eigenvalue weighted by Crippen LogP contribution is 2.23. The van der Waals surface area contributed by atoms with Crippen LogP contribution in [0.4, 0.5) is 11.5 Å². The predicted octanol–water partition coefficient (Wildman–Crippen LogP) is 1.84. The Hall–Kier alpha value is -2.31. The van der Waals surface area contributed by atoms with Crippen LogP contribution in [0.2, 0.25) is 0 Å². The standard InChI is InChI=1S/C14H22N6O/c1-6-8-11(15)12(20(5)19-8)13(21)16-10-7-9(17-18-10)14(2,3)4/h7H,6,15H2,1-5H3,(H2,16,17,18,21). The number of amides is 1. The van der Waals surface area contributed by atoms with Gasteiger partial charge in [0.2, 0.25) is 0 Å². The Balaban J connectivity index is 2.23. The maximum absolute atomic E-state index is 12.3. The summed E-state index contributed by atoms with van der Waals surface area (Å²) in [5, 5.41) is 14.0. The maximum atomic E-state index is 12.3. The van der Waals surface area contributed by atoms with E-state index in [-0.39, 0.29) is 11.3 Å². The lowest BCUT2D eigenvalue weighted by molar-refractivity contribution is 0.101. The molecule has 0 fully saturated rings. The molecule has 7 nitrogen and oxygen atoms in total. The van der Waals surface area contributed by atoms with Gasteiger partial charge in [0.15, 0.2) is 5.82 Å². The van der Waals surface area contributed by atoms with Gasteiger partial charge in [-0.2, -0.15) is 10.2 Å². The molecule has 0 unspecified atom stereocenters. The van der Waals surface area contributed by atoms with Gasteiger partial charge in [0.05, 0.1) is 11.4 Å². The maximum Gasteiger partial charge on any atom is 0.277 e. The van der Waals surface area contributed by atoms with Crippen molar-refractivity contribution in [1.29, 1.82) is 0 Å². The summed E-state index contributed by atoms with van der Waals surface area (Å²) in [5.74, 6) is 0.165. The molecule has 4 N–H and O–H groups in total. The summed E-state index contributed by atoms with van der Waals surface area (Å²) in [6.45, 7) is 8.15. The molecule has 1 amide bonds. The minimum Gasteiger partial charge on any atom is -0.395 e. The van der Waals surface area contributed by atoms with Crippen LogP contribution in [0.1, 0.15) is 49.6 Å². The first-order chi connectivity index (χ1) is 9.74. The van der Waals surface area contributed by atoms with E-state index in [1.54, 1.807) is 7.05 Å². The third-order valence-corrected chi connectivity index (χ3v) is 3.34. The van der Waals surface area contributed by atoms with E-state index in [1.165, 1.54) is 4.68 Å². The Bertz CT molecular complexity index is 662. The van der Waals surface area contributed by atoms with Crippen LogP contribution in [0, 0.1) is 0 Å². The van der Waals surface area contributed by atoms with Gasteiger partial charge in [-0.3, -0.25) is 14.6 Å². The number of nitrogens with two attached hydrogens (primary N) is 1. The molecule has 0 spiro atoms. The quantitative estimate of drug-likeness (QED) is 0.802. The molecule has 2 heterocycles. The van der Waals surface area contributed by atoms with Gasteiger partial charge in [0.1, 0.15) is 5.69 Å². The second kappa shape index (κ2) is 5.23. The average Bonchev–Trinajstić information content (AvgIpc) is 2.93. The predicted molar refractivity (Wildman–Crippen MR) is 82.2 cm³/mol. The van der Waals surface area contributed by atoms with Gasteiger partial charge in [-0.1, -0.05) is 27.7 Å². The van der Waals surface area contributed by atoms with E-state index in [2.05, 4.69) is 41.4 Å². The van der Waals surface area contributed by atoms with E-state index in [0.29, 0.717) is 23.6 Å². The minimum atomic E-state index is -0.311. The number of carbonyl (C=O) groups excluding carboxylic acids is 1. The summed E-state index contributed by atoms with van der Waals surface area (Å²) in [6, 6.07) is 1.82. The van der Waals surface area contributed by atoms with Gasteiger partial charge in [-0.25, -0.2) is 0 Å². The number of rotatable bonds is 3. The normalized spacial score (nSPS) is 11.7. The van der Waals surface area contributed by atoms with Crippen LogP contribution in [-0.2, 0) is 18.9 Å². The zero-order valence-electron chi connectivity index (χ0n) is 13.1. The number of hydrogen-bond acceptors (Lipinski definition) is 4. The molecule has 0 aliphatic carbocycles. The number of anilines is 2. The van der Waals surface area contributed by atoms with E-state index >= 15 is 0 Å². The molecule has 0 radical (unpaired) electrons. The lowest BCUT2D eigenvalue weighted by Crippen LogP contribution is -2.18. The Labute approximate surface area is 123 Å². The number of H-pyrrole nitrogens is 1. The fourth-order valence-electron chi connectivity index (χ4n) is 2.07. The van der Waals surface area contributed by atoms with Gasteiger partial charge in [0.25, 0.3) is 5.91 Å². The van der Waals surface area contributed by atoms with Crippen LogP contribution in [0.15, 0.2) is 6.07 Å². The molecule has 0 aromatic carbocycles. The number of aromatic nitrogens is 4. The van der Waals surface area contributed by atoms with Crippen LogP contribution in [0.5, 0.6) is 0 Å². The van der Waals surface area contributed by atoms with E-state index < -0.39 is 0 Å². The summed E-state index contributed by atoms with van der Waals surface area (Å²) in [4.78, 5) is 12.3. The highest BCUT2D eigenvalue weighted by molar-refractivity contribution is 6.06. The van der Waals surface area contributed by atoms with Gasteiger partial charge in [-0.05, 0) is 6.42 Å². The smallest absolute Gasteiger partial charge is 0.277 e. The first-order valence-electron chi connectivity index (χ1n) is 6.92. The van der Waals surface area contributed by atoms with Crippen molar-refractivity contribution in [3.8, 4) is 0 Å². The Morgan fingerprint density at radius 2 is 2.14 bits per heavy atom. The summed E-state index contributed by atoms with van der Waals surface area (Å²) < 4.78 is 1.50. The third kappa shape index (κ3) is 2.91. The monoisotopic (exact) mass is 290 g/mol. The van der Waals surface area contributed by atoms with Crippen molar-refractivity contribution in [3.05, 3.63) is 23.1 Å². The third-order valence-electron chi connectivity index (χ3n) is 3.34. The molecule has 0 bridgehead atoms. The molecular formula is C14H22N6O. The molecule has 2 aromatic rings. The van der Waals surface area contributed by atoms with Crippen LogP contribution in [0.25, 0.3) is 0 Å².